The summed E-state index contributed by atoms with van der Waals surface area (Å²) in [5.74, 6) is 1.03. The molecule has 0 saturated heterocycles. The van der Waals surface area contributed by atoms with Crippen molar-refractivity contribution in [1.82, 2.24) is 10.3 Å². The number of benzene rings is 1. The first kappa shape index (κ1) is 22.2. The molecule has 1 saturated carbocycles. The van der Waals surface area contributed by atoms with E-state index in [1.165, 1.54) is 25.0 Å². The van der Waals surface area contributed by atoms with Crippen LogP contribution in [-0.2, 0) is 11.3 Å². The lowest BCUT2D eigenvalue weighted by Crippen LogP contribution is -2.46. The van der Waals surface area contributed by atoms with Crippen LogP contribution in [-0.4, -0.2) is 36.6 Å². The van der Waals surface area contributed by atoms with Crippen molar-refractivity contribution >= 4 is 17.4 Å². The van der Waals surface area contributed by atoms with E-state index in [4.69, 9.17) is 0 Å². The molecule has 3 rings (SSSR count). The standard InChI is InChI=1S/C24H33FN4O/c1-5-28(20-11-12-20)23-13-6-18(15-27-23)16-29(21-9-7-19(25)8-10-21)24(30)22(26-4)14-17(2)3/h6-10,13,15,17,20,22,26H,5,11-12,14,16H2,1-4H3/t22-/m0/s1. The van der Waals surface area contributed by atoms with E-state index >= 15 is 0 Å². The van der Waals surface area contributed by atoms with E-state index in [1.54, 1.807) is 24.1 Å². The second kappa shape index (κ2) is 10.0. The Bertz CT molecular complexity index is 818. The van der Waals surface area contributed by atoms with Crippen LogP contribution in [0.4, 0.5) is 15.9 Å². The normalized spacial score (nSPS) is 14.6. The summed E-state index contributed by atoms with van der Waals surface area (Å²) in [7, 11) is 1.81. The Kier molecular flexibility index (Phi) is 7.43. The number of rotatable bonds is 10. The molecule has 1 atom stereocenters. The highest BCUT2D eigenvalue weighted by molar-refractivity contribution is 5.97. The van der Waals surface area contributed by atoms with Gasteiger partial charge in [0.05, 0.1) is 12.6 Å². The van der Waals surface area contributed by atoms with Crippen LogP contribution in [0.5, 0.6) is 0 Å². The quantitative estimate of drug-likeness (QED) is 0.629. The van der Waals surface area contributed by atoms with E-state index in [2.05, 4.69) is 36.0 Å². The largest absolute Gasteiger partial charge is 0.354 e. The summed E-state index contributed by atoms with van der Waals surface area (Å²) in [5, 5.41) is 3.14. The fraction of sp³-hybridized carbons (Fsp3) is 0.500. The maximum atomic E-state index is 13.5. The third kappa shape index (κ3) is 5.57. The highest BCUT2D eigenvalue weighted by Gasteiger charge is 2.29. The van der Waals surface area contributed by atoms with Crippen LogP contribution in [0.3, 0.4) is 0 Å². The highest BCUT2D eigenvalue weighted by atomic mass is 19.1. The number of aromatic nitrogens is 1. The summed E-state index contributed by atoms with van der Waals surface area (Å²) in [6.45, 7) is 7.68. The second-order valence-electron chi connectivity index (χ2n) is 8.41. The predicted octanol–water partition coefficient (Wildman–Crippen LogP) is 4.38. The molecule has 1 aromatic carbocycles. The average molecular weight is 413 g/mol. The molecule has 1 aliphatic rings. The molecule has 1 N–H and O–H groups in total. The van der Waals surface area contributed by atoms with Gasteiger partial charge < -0.3 is 15.1 Å². The van der Waals surface area contributed by atoms with E-state index in [0.29, 0.717) is 24.2 Å². The fourth-order valence-corrected chi connectivity index (χ4v) is 3.78. The Hall–Kier alpha value is -2.47. The number of halogens is 1. The van der Waals surface area contributed by atoms with Crippen molar-refractivity contribution in [3.05, 3.63) is 54.0 Å². The van der Waals surface area contributed by atoms with Gasteiger partial charge in [-0.1, -0.05) is 19.9 Å². The van der Waals surface area contributed by atoms with Gasteiger partial charge in [-0.25, -0.2) is 9.37 Å². The summed E-state index contributed by atoms with van der Waals surface area (Å²) in [4.78, 5) is 22.1. The molecule has 0 radical (unpaired) electrons. The summed E-state index contributed by atoms with van der Waals surface area (Å²) in [6, 6.07) is 10.5. The molecule has 0 bridgehead atoms. The van der Waals surface area contributed by atoms with E-state index in [0.717, 1.165) is 24.3 Å². The lowest BCUT2D eigenvalue weighted by Gasteiger charge is -2.28. The number of likely N-dealkylation sites (N-methyl/N-ethyl adjacent to an activating group) is 1. The van der Waals surface area contributed by atoms with Gasteiger partial charge >= 0.3 is 0 Å². The van der Waals surface area contributed by atoms with E-state index in [-0.39, 0.29) is 17.8 Å². The lowest BCUT2D eigenvalue weighted by molar-refractivity contribution is -0.121. The highest BCUT2D eigenvalue weighted by Crippen LogP contribution is 2.30. The van der Waals surface area contributed by atoms with Crippen molar-refractivity contribution in [3.63, 3.8) is 0 Å². The van der Waals surface area contributed by atoms with Gasteiger partial charge in [0.25, 0.3) is 0 Å². The molecule has 162 valence electrons. The number of hydrogen-bond acceptors (Lipinski definition) is 4. The number of nitrogens with one attached hydrogen (secondary N) is 1. The van der Waals surface area contributed by atoms with Gasteiger partial charge in [0.1, 0.15) is 11.6 Å². The SMILES string of the molecule is CCN(c1ccc(CN(C(=O)[C@H](CC(C)C)NC)c2ccc(F)cc2)cn1)C1CC1. The zero-order valence-corrected chi connectivity index (χ0v) is 18.4. The van der Waals surface area contributed by atoms with Gasteiger partial charge in [-0.2, -0.15) is 0 Å². The Morgan fingerprint density at radius 2 is 1.90 bits per heavy atom. The van der Waals surface area contributed by atoms with Crippen molar-refractivity contribution in [2.75, 3.05) is 23.4 Å². The van der Waals surface area contributed by atoms with Gasteiger partial charge in [-0.15, -0.1) is 0 Å². The molecule has 1 amide bonds. The molecule has 0 unspecified atom stereocenters. The number of pyridine rings is 1. The van der Waals surface area contributed by atoms with Crippen molar-refractivity contribution in [2.45, 2.75) is 58.7 Å². The van der Waals surface area contributed by atoms with Crippen molar-refractivity contribution in [2.24, 2.45) is 5.92 Å². The molecule has 0 spiro atoms. The summed E-state index contributed by atoms with van der Waals surface area (Å²) < 4.78 is 13.5. The molecule has 1 aromatic heterocycles. The first-order valence-corrected chi connectivity index (χ1v) is 10.9. The van der Waals surface area contributed by atoms with Crippen LogP contribution in [0, 0.1) is 11.7 Å². The van der Waals surface area contributed by atoms with Gasteiger partial charge in [0.15, 0.2) is 0 Å². The van der Waals surface area contributed by atoms with Gasteiger partial charge in [-0.3, -0.25) is 4.79 Å². The number of hydrogen-bond donors (Lipinski definition) is 1. The van der Waals surface area contributed by atoms with Gasteiger partial charge in [0.2, 0.25) is 5.91 Å². The van der Waals surface area contributed by atoms with Crippen LogP contribution in [0.1, 0.15) is 45.6 Å². The minimum Gasteiger partial charge on any atom is -0.354 e. The summed E-state index contributed by atoms with van der Waals surface area (Å²) in [5.41, 5.74) is 1.63. The van der Waals surface area contributed by atoms with Crippen LogP contribution in [0.25, 0.3) is 0 Å². The van der Waals surface area contributed by atoms with Gasteiger partial charge in [-0.05, 0) is 75.0 Å². The number of anilines is 2. The van der Waals surface area contributed by atoms with Gasteiger partial charge in [0, 0.05) is 24.5 Å². The predicted molar refractivity (Wildman–Crippen MR) is 120 cm³/mol. The monoisotopic (exact) mass is 412 g/mol. The number of amides is 1. The molecule has 1 heterocycles. The first-order chi connectivity index (χ1) is 14.4. The van der Waals surface area contributed by atoms with E-state index in [1.807, 2.05) is 18.3 Å². The maximum Gasteiger partial charge on any atom is 0.244 e. The first-order valence-electron chi connectivity index (χ1n) is 10.9. The molecular weight excluding hydrogens is 379 g/mol. The van der Waals surface area contributed by atoms with Crippen molar-refractivity contribution < 1.29 is 9.18 Å². The average Bonchev–Trinajstić information content (AvgIpc) is 3.57. The van der Waals surface area contributed by atoms with Crippen molar-refractivity contribution in [1.29, 1.82) is 0 Å². The van der Waals surface area contributed by atoms with Crippen molar-refractivity contribution in [3.8, 4) is 0 Å². The Labute approximate surface area is 179 Å². The van der Waals surface area contributed by atoms with Crippen LogP contribution in [0.2, 0.25) is 0 Å². The molecule has 6 heteroatoms. The molecule has 0 aliphatic heterocycles. The van der Waals surface area contributed by atoms with E-state index in [9.17, 15) is 9.18 Å². The number of carbonyl (C=O) groups is 1. The summed E-state index contributed by atoms with van der Waals surface area (Å²) in [6.07, 6.45) is 5.04. The smallest absolute Gasteiger partial charge is 0.244 e. The maximum absolute atomic E-state index is 13.5. The Morgan fingerprint density at radius 1 is 1.20 bits per heavy atom. The fourth-order valence-electron chi connectivity index (χ4n) is 3.78. The number of carbonyl (C=O) groups excluding carboxylic acids is 1. The minimum absolute atomic E-state index is 0.0185. The third-order valence-electron chi connectivity index (χ3n) is 5.53. The second-order valence-corrected chi connectivity index (χ2v) is 8.41. The molecular formula is C24H33FN4O. The number of nitrogens with zero attached hydrogens (tertiary/aromatic N) is 3. The lowest BCUT2D eigenvalue weighted by atomic mass is 10.0. The molecule has 1 fully saturated rings. The Balaban J connectivity index is 1.83. The molecule has 5 nitrogen and oxygen atoms in total. The summed E-state index contributed by atoms with van der Waals surface area (Å²) >= 11 is 0. The van der Waals surface area contributed by atoms with Crippen LogP contribution in [0.15, 0.2) is 42.6 Å². The topological polar surface area (TPSA) is 48.5 Å². The van der Waals surface area contributed by atoms with Crippen LogP contribution >= 0.6 is 0 Å². The molecule has 1 aliphatic carbocycles. The van der Waals surface area contributed by atoms with E-state index < -0.39 is 0 Å². The zero-order chi connectivity index (χ0) is 21.7. The van der Waals surface area contributed by atoms with Crippen LogP contribution < -0.4 is 15.1 Å². The molecule has 2 aromatic rings. The minimum atomic E-state index is -0.316. The molecule has 30 heavy (non-hydrogen) atoms. The third-order valence-corrected chi connectivity index (χ3v) is 5.53. The zero-order valence-electron chi connectivity index (χ0n) is 18.4. The Morgan fingerprint density at radius 3 is 2.40 bits per heavy atom.